The fourth-order valence-electron chi connectivity index (χ4n) is 2.00. The molecule has 0 atom stereocenters. The van der Waals surface area contributed by atoms with Crippen LogP contribution >= 0.6 is 0 Å². The van der Waals surface area contributed by atoms with Gasteiger partial charge in [0.05, 0.1) is 0 Å². The second-order valence-electron chi connectivity index (χ2n) is 5.02. The zero-order valence-corrected chi connectivity index (χ0v) is 12.4. The van der Waals surface area contributed by atoms with Crippen LogP contribution in [0.2, 0.25) is 0 Å². The predicted octanol–water partition coefficient (Wildman–Crippen LogP) is 4.88. The molecule has 108 valence electrons. The van der Waals surface area contributed by atoms with E-state index in [1.54, 1.807) is 0 Å². The van der Waals surface area contributed by atoms with Gasteiger partial charge in [-0.1, -0.05) is 61.9 Å². The number of aldehydes is 1. The number of hydrogen-bond acceptors (Lipinski definition) is 2. The van der Waals surface area contributed by atoms with Gasteiger partial charge in [-0.15, -0.1) is 0 Å². The fourth-order valence-corrected chi connectivity index (χ4v) is 2.00. The van der Waals surface area contributed by atoms with Gasteiger partial charge < -0.3 is 5.32 Å². The number of hydrogen-bond donors (Lipinski definition) is 1. The Hall–Kier alpha value is -2.35. The molecule has 0 aliphatic rings. The molecule has 0 heterocycles. The molecule has 0 spiro atoms. The lowest BCUT2D eigenvalue weighted by Gasteiger charge is -2.05. The lowest BCUT2D eigenvalue weighted by Crippen LogP contribution is -2.00. The molecule has 1 N–H and O–H groups in total. The van der Waals surface area contributed by atoms with Crippen LogP contribution in [0.4, 0.5) is 5.69 Å². The molecule has 0 unspecified atom stereocenters. The second kappa shape index (κ2) is 8.05. The van der Waals surface area contributed by atoms with E-state index in [0.717, 1.165) is 29.6 Å². The highest BCUT2D eigenvalue weighted by Gasteiger charge is 1.93. The number of carbonyl (C=O) groups excluding carboxylic acids is 1. The Labute approximate surface area is 126 Å². The van der Waals surface area contributed by atoms with E-state index in [-0.39, 0.29) is 0 Å². The summed E-state index contributed by atoms with van der Waals surface area (Å²) in [7, 11) is 0. The summed E-state index contributed by atoms with van der Waals surface area (Å²) < 4.78 is 0. The smallest absolute Gasteiger partial charge is 0.150 e. The maximum Gasteiger partial charge on any atom is 0.150 e. The first-order valence-electron chi connectivity index (χ1n) is 7.39. The largest absolute Gasteiger partial charge is 0.385 e. The van der Waals surface area contributed by atoms with Crippen molar-refractivity contribution < 1.29 is 4.79 Å². The van der Waals surface area contributed by atoms with Crippen molar-refractivity contribution >= 4 is 24.1 Å². The summed E-state index contributed by atoms with van der Waals surface area (Å²) in [5.74, 6) is 0. The standard InChI is InChI=1S/C19H21NO/c1-2-3-14-20-19-12-10-17(11-13-19)5-4-16-6-8-18(15-21)9-7-16/h4-13,15,20H,2-3,14H2,1H3/b5-4+. The van der Waals surface area contributed by atoms with E-state index in [4.69, 9.17) is 0 Å². The van der Waals surface area contributed by atoms with Crippen LogP contribution in [-0.2, 0) is 0 Å². The summed E-state index contributed by atoms with van der Waals surface area (Å²) in [4.78, 5) is 10.6. The molecule has 0 saturated heterocycles. The molecule has 0 aliphatic heterocycles. The summed E-state index contributed by atoms with van der Waals surface area (Å²) in [6.45, 7) is 3.21. The number of carbonyl (C=O) groups is 1. The van der Waals surface area contributed by atoms with E-state index in [9.17, 15) is 4.79 Å². The predicted molar refractivity (Wildman–Crippen MR) is 90.6 cm³/mol. The molecule has 0 saturated carbocycles. The number of nitrogens with one attached hydrogen (secondary N) is 1. The molecule has 21 heavy (non-hydrogen) atoms. The van der Waals surface area contributed by atoms with Crippen LogP contribution in [0.3, 0.4) is 0 Å². The lowest BCUT2D eigenvalue weighted by molar-refractivity contribution is 0.112. The van der Waals surface area contributed by atoms with Crippen LogP contribution in [0.15, 0.2) is 48.5 Å². The minimum atomic E-state index is 0.703. The van der Waals surface area contributed by atoms with Crippen molar-refractivity contribution in [3.8, 4) is 0 Å². The second-order valence-corrected chi connectivity index (χ2v) is 5.02. The molecule has 0 amide bonds. The molecular formula is C19H21NO. The first-order valence-corrected chi connectivity index (χ1v) is 7.39. The Morgan fingerprint density at radius 2 is 1.38 bits per heavy atom. The molecule has 2 aromatic rings. The monoisotopic (exact) mass is 279 g/mol. The van der Waals surface area contributed by atoms with Crippen molar-refractivity contribution in [2.24, 2.45) is 0 Å². The Morgan fingerprint density at radius 1 is 0.857 bits per heavy atom. The normalized spacial score (nSPS) is 10.7. The first-order chi connectivity index (χ1) is 10.3. The van der Waals surface area contributed by atoms with Crippen LogP contribution in [-0.4, -0.2) is 12.8 Å². The molecule has 0 bridgehead atoms. The number of unbranched alkanes of at least 4 members (excludes halogenated alkanes) is 1. The third kappa shape index (κ3) is 4.92. The molecule has 0 fully saturated rings. The third-order valence-electron chi connectivity index (χ3n) is 3.31. The van der Waals surface area contributed by atoms with Gasteiger partial charge in [-0.25, -0.2) is 0 Å². The van der Waals surface area contributed by atoms with Crippen molar-refractivity contribution in [2.45, 2.75) is 19.8 Å². The van der Waals surface area contributed by atoms with Gasteiger partial charge in [-0.2, -0.15) is 0 Å². The first kappa shape index (κ1) is 15.0. The number of benzene rings is 2. The molecule has 0 radical (unpaired) electrons. The van der Waals surface area contributed by atoms with Crippen LogP contribution in [0.5, 0.6) is 0 Å². The van der Waals surface area contributed by atoms with Gasteiger partial charge in [0.15, 0.2) is 0 Å². The third-order valence-corrected chi connectivity index (χ3v) is 3.31. The summed E-state index contributed by atoms with van der Waals surface area (Å²) in [5, 5.41) is 3.40. The van der Waals surface area contributed by atoms with Crippen molar-refractivity contribution in [1.82, 2.24) is 0 Å². The van der Waals surface area contributed by atoms with Gasteiger partial charge in [0.2, 0.25) is 0 Å². The Kier molecular flexibility index (Phi) is 5.77. The highest BCUT2D eigenvalue weighted by molar-refractivity contribution is 5.76. The Balaban J connectivity index is 1.95. The molecule has 2 rings (SSSR count). The minimum Gasteiger partial charge on any atom is -0.385 e. The van der Waals surface area contributed by atoms with Crippen LogP contribution in [0.1, 0.15) is 41.3 Å². The van der Waals surface area contributed by atoms with Gasteiger partial charge in [0.1, 0.15) is 6.29 Å². The topological polar surface area (TPSA) is 29.1 Å². The van der Waals surface area contributed by atoms with Gasteiger partial charge in [0, 0.05) is 17.8 Å². The van der Waals surface area contributed by atoms with E-state index in [2.05, 4.69) is 42.6 Å². The molecule has 2 aromatic carbocycles. The van der Waals surface area contributed by atoms with Gasteiger partial charge >= 0.3 is 0 Å². The summed E-state index contributed by atoms with van der Waals surface area (Å²) in [6.07, 6.45) is 7.38. The summed E-state index contributed by atoms with van der Waals surface area (Å²) in [5.41, 5.74) is 4.12. The summed E-state index contributed by atoms with van der Waals surface area (Å²) in [6, 6.07) is 16.0. The number of anilines is 1. The number of rotatable bonds is 7. The van der Waals surface area contributed by atoms with Gasteiger partial charge in [-0.05, 0) is 29.7 Å². The van der Waals surface area contributed by atoms with E-state index >= 15 is 0 Å². The highest BCUT2D eigenvalue weighted by Crippen LogP contribution is 2.13. The molecule has 2 nitrogen and oxygen atoms in total. The van der Waals surface area contributed by atoms with Crippen LogP contribution in [0, 0.1) is 0 Å². The maximum absolute atomic E-state index is 10.6. The van der Waals surface area contributed by atoms with Crippen molar-refractivity contribution in [1.29, 1.82) is 0 Å². The van der Waals surface area contributed by atoms with Gasteiger partial charge in [0.25, 0.3) is 0 Å². The quantitative estimate of drug-likeness (QED) is 0.444. The average Bonchev–Trinajstić information content (AvgIpc) is 2.55. The Bertz CT molecular complexity index is 582. The van der Waals surface area contributed by atoms with E-state index in [0.29, 0.717) is 5.56 Å². The Morgan fingerprint density at radius 3 is 1.90 bits per heavy atom. The van der Waals surface area contributed by atoms with E-state index in [1.807, 2.05) is 30.3 Å². The average molecular weight is 279 g/mol. The highest BCUT2D eigenvalue weighted by atomic mass is 16.1. The molecule has 0 aromatic heterocycles. The zero-order valence-electron chi connectivity index (χ0n) is 12.4. The lowest BCUT2D eigenvalue weighted by atomic mass is 10.1. The van der Waals surface area contributed by atoms with Crippen molar-refractivity contribution in [3.05, 3.63) is 65.2 Å². The molecule has 0 aliphatic carbocycles. The molecular weight excluding hydrogens is 258 g/mol. The minimum absolute atomic E-state index is 0.703. The van der Waals surface area contributed by atoms with E-state index < -0.39 is 0 Å². The van der Waals surface area contributed by atoms with Crippen molar-refractivity contribution in [2.75, 3.05) is 11.9 Å². The zero-order chi connectivity index (χ0) is 14.9. The van der Waals surface area contributed by atoms with Crippen LogP contribution < -0.4 is 5.32 Å². The fraction of sp³-hybridized carbons (Fsp3) is 0.211. The molecule has 2 heteroatoms. The van der Waals surface area contributed by atoms with Gasteiger partial charge in [-0.3, -0.25) is 4.79 Å². The SMILES string of the molecule is CCCCNc1ccc(/C=C/c2ccc(C=O)cc2)cc1. The summed E-state index contributed by atoms with van der Waals surface area (Å²) >= 11 is 0. The van der Waals surface area contributed by atoms with Crippen molar-refractivity contribution in [3.63, 3.8) is 0 Å². The van der Waals surface area contributed by atoms with Crippen LogP contribution in [0.25, 0.3) is 12.2 Å². The maximum atomic E-state index is 10.6. The van der Waals surface area contributed by atoms with E-state index in [1.165, 1.54) is 12.8 Å².